The lowest BCUT2D eigenvalue weighted by Crippen LogP contribution is -2.35. The van der Waals surface area contributed by atoms with Crippen molar-refractivity contribution < 1.29 is 19.1 Å². The number of rotatable bonds is 5. The molecule has 6 nitrogen and oxygen atoms in total. The molecule has 2 aliphatic rings. The molecule has 4 rings (SSSR count). The van der Waals surface area contributed by atoms with E-state index in [0.29, 0.717) is 30.0 Å². The average Bonchev–Trinajstić information content (AvgIpc) is 3.34. The zero-order chi connectivity index (χ0) is 19.0. The van der Waals surface area contributed by atoms with E-state index in [9.17, 15) is 9.59 Å². The molecule has 140 valence electrons. The first kappa shape index (κ1) is 17.4. The molecule has 0 spiro atoms. The van der Waals surface area contributed by atoms with E-state index in [0.717, 1.165) is 11.3 Å². The van der Waals surface area contributed by atoms with Crippen LogP contribution in [0.2, 0.25) is 0 Å². The predicted molar refractivity (Wildman–Crippen MR) is 102 cm³/mol. The second-order valence-corrected chi connectivity index (χ2v) is 7.30. The summed E-state index contributed by atoms with van der Waals surface area (Å²) in [6.07, 6.45) is 1.08. The van der Waals surface area contributed by atoms with Gasteiger partial charge in [0.25, 0.3) is 0 Å². The van der Waals surface area contributed by atoms with E-state index in [4.69, 9.17) is 9.47 Å². The Bertz CT molecular complexity index is 903. The highest BCUT2D eigenvalue weighted by atomic mass is 16.7. The molecular weight excluding hydrogens is 344 g/mol. The molecule has 0 bridgehead atoms. The summed E-state index contributed by atoms with van der Waals surface area (Å²) in [5, 5.41) is 5.80. The molecular formula is C21H22N2O4. The maximum Gasteiger partial charge on any atom is 0.240 e. The fraction of sp³-hybridized carbons (Fsp3) is 0.333. The van der Waals surface area contributed by atoms with E-state index in [1.807, 2.05) is 24.3 Å². The van der Waals surface area contributed by atoms with Gasteiger partial charge in [-0.3, -0.25) is 9.59 Å². The Morgan fingerprint density at radius 1 is 0.963 bits per heavy atom. The van der Waals surface area contributed by atoms with Crippen molar-refractivity contribution in [1.29, 1.82) is 0 Å². The number of amides is 2. The van der Waals surface area contributed by atoms with Crippen molar-refractivity contribution in [2.24, 2.45) is 5.41 Å². The maximum atomic E-state index is 12.9. The molecule has 2 amide bonds. The third-order valence-electron chi connectivity index (χ3n) is 5.08. The fourth-order valence-corrected chi connectivity index (χ4v) is 3.26. The van der Waals surface area contributed by atoms with Crippen molar-refractivity contribution in [1.82, 2.24) is 0 Å². The molecule has 0 atom stereocenters. The molecule has 6 heteroatoms. The first-order valence-corrected chi connectivity index (χ1v) is 9.11. The number of fused-ring (bicyclic) bond motifs is 1. The number of nitrogens with one attached hydrogen (secondary N) is 2. The minimum atomic E-state index is -1.01. The van der Waals surface area contributed by atoms with Gasteiger partial charge < -0.3 is 20.1 Å². The molecule has 27 heavy (non-hydrogen) atoms. The summed E-state index contributed by atoms with van der Waals surface area (Å²) >= 11 is 0. The second-order valence-electron chi connectivity index (χ2n) is 7.30. The van der Waals surface area contributed by atoms with Gasteiger partial charge in [0.15, 0.2) is 11.5 Å². The lowest BCUT2D eigenvalue weighted by atomic mass is 9.99. The van der Waals surface area contributed by atoms with Gasteiger partial charge in [0.05, 0.1) is 0 Å². The van der Waals surface area contributed by atoms with E-state index < -0.39 is 5.41 Å². The number of ether oxygens (including phenoxy) is 2. The lowest BCUT2D eigenvalue weighted by molar-refractivity contribution is -0.131. The van der Waals surface area contributed by atoms with Crippen molar-refractivity contribution in [2.75, 3.05) is 17.4 Å². The van der Waals surface area contributed by atoms with Crippen LogP contribution < -0.4 is 20.1 Å². The molecule has 0 unspecified atom stereocenters. The number of carbonyl (C=O) groups is 2. The average molecular weight is 366 g/mol. The normalized spacial score (nSPS) is 16.1. The van der Waals surface area contributed by atoms with Crippen LogP contribution in [0, 0.1) is 5.41 Å². The fourth-order valence-electron chi connectivity index (χ4n) is 3.26. The van der Waals surface area contributed by atoms with Crippen LogP contribution in [-0.2, 0) is 9.59 Å². The van der Waals surface area contributed by atoms with E-state index in [1.165, 1.54) is 0 Å². The summed E-state index contributed by atoms with van der Waals surface area (Å²) in [6.45, 7) is 4.32. The number of hydrogen-bond acceptors (Lipinski definition) is 4. The number of hydrogen-bond donors (Lipinski definition) is 2. The van der Waals surface area contributed by atoms with Gasteiger partial charge in [0.1, 0.15) is 5.41 Å². The Morgan fingerprint density at radius 2 is 1.67 bits per heavy atom. The van der Waals surface area contributed by atoms with Gasteiger partial charge in [0.2, 0.25) is 18.6 Å². The van der Waals surface area contributed by atoms with Crippen LogP contribution in [0.15, 0.2) is 42.5 Å². The van der Waals surface area contributed by atoms with E-state index in [1.54, 1.807) is 18.2 Å². The first-order valence-electron chi connectivity index (χ1n) is 9.11. The number of benzene rings is 2. The zero-order valence-electron chi connectivity index (χ0n) is 15.4. The minimum absolute atomic E-state index is 0.175. The van der Waals surface area contributed by atoms with E-state index in [-0.39, 0.29) is 24.5 Å². The molecule has 2 aromatic rings. The molecule has 0 aromatic heterocycles. The maximum absolute atomic E-state index is 12.9. The van der Waals surface area contributed by atoms with Crippen LogP contribution in [0.3, 0.4) is 0 Å². The minimum Gasteiger partial charge on any atom is -0.454 e. The molecule has 2 aromatic carbocycles. The van der Waals surface area contributed by atoms with Crippen LogP contribution in [0.1, 0.15) is 38.2 Å². The largest absolute Gasteiger partial charge is 0.454 e. The Hall–Kier alpha value is -3.02. The van der Waals surface area contributed by atoms with E-state index in [2.05, 4.69) is 24.5 Å². The van der Waals surface area contributed by atoms with Crippen LogP contribution in [0.5, 0.6) is 11.5 Å². The third kappa shape index (κ3) is 3.23. The van der Waals surface area contributed by atoms with Crippen LogP contribution >= 0.6 is 0 Å². The molecule has 2 N–H and O–H groups in total. The van der Waals surface area contributed by atoms with Crippen LogP contribution in [0.4, 0.5) is 11.4 Å². The molecule has 0 saturated heterocycles. The molecule has 1 fully saturated rings. The van der Waals surface area contributed by atoms with Gasteiger partial charge in [-0.25, -0.2) is 0 Å². The first-order chi connectivity index (χ1) is 13.0. The van der Waals surface area contributed by atoms with Gasteiger partial charge >= 0.3 is 0 Å². The smallest absolute Gasteiger partial charge is 0.240 e. The number of carbonyl (C=O) groups excluding carboxylic acids is 2. The van der Waals surface area contributed by atoms with Crippen LogP contribution in [0.25, 0.3) is 0 Å². The highest BCUT2D eigenvalue weighted by Gasteiger charge is 2.56. The van der Waals surface area contributed by atoms with Crippen molar-refractivity contribution in [2.45, 2.75) is 32.6 Å². The Morgan fingerprint density at radius 3 is 2.41 bits per heavy atom. The number of para-hydroxylation sites is 1. The molecule has 0 radical (unpaired) electrons. The topological polar surface area (TPSA) is 76.7 Å². The third-order valence-corrected chi connectivity index (χ3v) is 5.08. The van der Waals surface area contributed by atoms with Crippen molar-refractivity contribution >= 4 is 23.2 Å². The van der Waals surface area contributed by atoms with Gasteiger partial charge in [-0.05, 0) is 42.5 Å². The highest BCUT2D eigenvalue weighted by Crippen LogP contribution is 2.48. The van der Waals surface area contributed by atoms with Crippen LogP contribution in [-0.4, -0.2) is 18.6 Å². The van der Waals surface area contributed by atoms with Gasteiger partial charge in [-0.15, -0.1) is 0 Å². The summed E-state index contributed by atoms with van der Waals surface area (Å²) in [7, 11) is 0. The zero-order valence-corrected chi connectivity index (χ0v) is 15.4. The predicted octanol–water partition coefficient (Wildman–Crippen LogP) is 3.90. The van der Waals surface area contributed by atoms with Crippen molar-refractivity contribution in [3.05, 3.63) is 48.0 Å². The molecule has 1 saturated carbocycles. The number of anilines is 2. The summed E-state index contributed by atoms with van der Waals surface area (Å²) in [6, 6.07) is 12.9. The molecule has 1 heterocycles. The summed E-state index contributed by atoms with van der Waals surface area (Å²) in [5.41, 5.74) is 1.39. The second kappa shape index (κ2) is 6.61. The Labute approximate surface area is 157 Å². The summed E-state index contributed by atoms with van der Waals surface area (Å²) in [5.74, 6) is 0.971. The summed E-state index contributed by atoms with van der Waals surface area (Å²) < 4.78 is 10.6. The lowest BCUT2D eigenvalue weighted by Gasteiger charge is -2.18. The van der Waals surface area contributed by atoms with Gasteiger partial charge in [-0.1, -0.05) is 32.0 Å². The highest BCUT2D eigenvalue weighted by molar-refractivity contribution is 6.17. The van der Waals surface area contributed by atoms with Crippen molar-refractivity contribution in [3.63, 3.8) is 0 Å². The summed E-state index contributed by atoms with van der Waals surface area (Å²) in [4.78, 5) is 25.7. The Kier molecular flexibility index (Phi) is 4.26. The van der Waals surface area contributed by atoms with Gasteiger partial charge in [0, 0.05) is 17.4 Å². The Balaban J connectivity index is 1.48. The van der Waals surface area contributed by atoms with Crippen molar-refractivity contribution in [3.8, 4) is 11.5 Å². The van der Waals surface area contributed by atoms with E-state index >= 15 is 0 Å². The standard InChI is InChI=1S/C21H22N2O4/c1-13(2)15-5-3-4-6-16(15)23-20(25)21(9-10-21)19(24)22-14-7-8-17-18(11-14)27-12-26-17/h3-8,11,13H,9-10,12H2,1-2H3,(H,22,24)(H,23,25). The monoisotopic (exact) mass is 366 g/mol. The molecule has 1 aliphatic heterocycles. The quantitative estimate of drug-likeness (QED) is 0.787. The van der Waals surface area contributed by atoms with Gasteiger partial charge in [-0.2, -0.15) is 0 Å². The molecule has 1 aliphatic carbocycles. The SMILES string of the molecule is CC(C)c1ccccc1NC(=O)C1(C(=O)Nc2ccc3c(c2)OCO3)CC1.